The quantitative estimate of drug-likeness (QED) is 0.251. The van der Waals surface area contributed by atoms with Gasteiger partial charge in [0.25, 0.3) is 0 Å². The monoisotopic (exact) mass is 440 g/mol. The zero-order chi connectivity index (χ0) is 22.8. The van der Waals surface area contributed by atoms with E-state index in [1.807, 2.05) is 6.92 Å². The van der Waals surface area contributed by atoms with Gasteiger partial charge in [0.15, 0.2) is 11.6 Å². The number of hydrogen-bond donors (Lipinski definition) is 0. The predicted molar refractivity (Wildman–Crippen MR) is 129 cm³/mol. The lowest BCUT2D eigenvalue weighted by Gasteiger charge is -2.27. The Labute approximate surface area is 192 Å². The van der Waals surface area contributed by atoms with Gasteiger partial charge in [-0.15, -0.1) is 0 Å². The van der Waals surface area contributed by atoms with E-state index in [-0.39, 0.29) is 5.75 Å². The summed E-state index contributed by atoms with van der Waals surface area (Å²) >= 11 is 0. The maximum absolute atomic E-state index is 14.3. The molecule has 32 heavy (non-hydrogen) atoms. The largest absolute Gasteiger partial charge is 0.490 e. The number of aryl methyl sites for hydroxylation is 2. The molecule has 2 aromatic rings. The lowest BCUT2D eigenvalue weighted by atomic mass is 9.78. The van der Waals surface area contributed by atoms with E-state index < -0.39 is 11.6 Å². The van der Waals surface area contributed by atoms with E-state index in [2.05, 4.69) is 43.3 Å². The molecule has 2 aromatic carbocycles. The van der Waals surface area contributed by atoms with E-state index in [0.717, 1.165) is 25.7 Å². The number of halogens is 2. The van der Waals surface area contributed by atoms with Crippen molar-refractivity contribution in [3.8, 4) is 5.75 Å². The van der Waals surface area contributed by atoms with Crippen molar-refractivity contribution >= 4 is 0 Å². The van der Waals surface area contributed by atoms with Gasteiger partial charge < -0.3 is 4.74 Å². The highest BCUT2D eigenvalue weighted by Gasteiger charge is 2.21. The first kappa shape index (κ1) is 24.5. The normalized spacial score (nSPS) is 18.9. The molecule has 0 heterocycles. The number of unbranched alkanes of at least 4 members (excludes halogenated alkanes) is 1. The lowest BCUT2D eigenvalue weighted by molar-refractivity contribution is 0.288. The minimum atomic E-state index is -0.858. The van der Waals surface area contributed by atoms with Crippen LogP contribution in [0.25, 0.3) is 0 Å². The Hall–Kier alpha value is -2.16. The maximum atomic E-state index is 14.3. The average molecular weight is 441 g/mol. The van der Waals surface area contributed by atoms with Crippen LogP contribution in [0.1, 0.15) is 87.8 Å². The molecule has 0 bridgehead atoms. The molecule has 174 valence electrons. The molecule has 0 unspecified atom stereocenters. The molecule has 1 aliphatic carbocycles. The van der Waals surface area contributed by atoms with E-state index >= 15 is 0 Å². The van der Waals surface area contributed by atoms with E-state index in [4.69, 9.17) is 4.74 Å². The summed E-state index contributed by atoms with van der Waals surface area (Å²) in [5.41, 5.74) is 3.33. The Bertz CT molecular complexity index is 848. The molecule has 0 saturated heterocycles. The lowest BCUT2D eigenvalue weighted by Crippen LogP contribution is -2.11. The molecule has 1 fully saturated rings. The van der Waals surface area contributed by atoms with Gasteiger partial charge in [-0.3, -0.25) is 0 Å². The SMILES string of the molecule is CCCCOc1ccc(CCC=CC2CCC(c3ccc(CCC)cc3)CC2)c(F)c1F. The van der Waals surface area contributed by atoms with Crippen LogP contribution >= 0.6 is 0 Å². The minimum Gasteiger partial charge on any atom is -0.490 e. The van der Waals surface area contributed by atoms with Crippen molar-refractivity contribution < 1.29 is 13.5 Å². The second-order valence-corrected chi connectivity index (χ2v) is 9.12. The fourth-order valence-electron chi connectivity index (χ4n) is 4.62. The summed E-state index contributed by atoms with van der Waals surface area (Å²) in [6.07, 6.45) is 14.7. The number of ether oxygens (including phenoxy) is 1. The van der Waals surface area contributed by atoms with Crippen molar-refractivity contribution in [3.05, 3.63) is 76.9 Å². The minimum absolute atomic E-state index is 0.0204. The molecule has 0 atom stereocenters. The zero-order valence-corrected chi connectivity index (χ0v) is 19.7. The van der Waals surface area contributed by atoms with Crippen LogP contribution in [0, 0.1) is 17.6 Å². The Morgan fingerprint density at radius 2 is 1.62 bits per heavy atom. The summed E-state index contributed by atoms with van der Waals surface area (Å²) < 4.78 is 33.9. The molecule has 0 aromatic heterocycles. The van der Waals surface area contributed by atoms with Crippen molar-refractivity contribution in [2.45, 2.75) is 84.0 Å². The molecule has 0 radical (unpaired) electrons. The predicted octanol–water partition coefficient (Wildman–Crippen LogP) is 8.56. The van der Waals surface area contributed by atoms with Crippen molar-refractivity contribution in [1.82, 2.24) is 0 Å². The van der Waals surface area contributed by atoms with Gasteiger partial charge >= 0.3 is 0 Å². The second kappa shape index (κ2) is 12.8. The Morgan fingerprint density at radius 1 is 0.875 bits per heavy atom. The molecule has 0 amide bonds. The Morgan fingerprint density at radius 3 is 2.31 bits per heavy atom. The Kier molecular flexibility index (Phi) is 9.77. The molecule has 1 nitrogen and oxygen atoms in total. The van der Waals surface area contributed by atoms with Crippen LogP contribution in [0.5, 0.6) is 5.75 Å². The van der Waals surface area contributed by atoms with Crippen LogP contribution < -0.4 is 4.74 Å². The fraction of sp³-hybridized carbons (Fsp3) is 0.517. The highest BCUT2D eigenvalue weighted by atomic mass is 19.2. The first-order valence-electron chi connectivity index (χ1n) is 12.5. The number of hydrogen-bond acceptors (Lipinski definition) is 1. The molecule has 0 aliphatic heterocycles. The molecule has 3 rings (SSSR count). The topological polar surface area (TPSA) is 9.23 Å². The molecule has 0 N–H and O–H groups in total. The zero-order valence-electron chi connectivity index (χ0n) is 19.7. The van der Waals surface area contributed by atoms with Crippen LogP contribution in [0.15, 0.2) is 48.6 Å². The molecule has 1 aliphatic rings. The van der Waals surface area contributed by atoms with Crippen molar-refractivity contribution in [3.63, 3.8) is 0 Å². The van der Waals surface area contributed by atoms with Crippen LogP contribution in [0.2, 0.25) is 0 Å². The van der Waals surface area contributed by atoms with Crippen LogP contribution in [-0.4, -0.2) is 6.61 Å². The maximum Gasteiger partial charge on any atom is 0.200 e. The summed E-state index contributed by atoms with van der Waals surface area (Å²) in [5.74, 6) is -0.333. The molecular formula is C29H38F2O. The van der Waals surface area contributed by atoms with E-state index in [1.165, 1.54) is 43.2 Å². The van der Waals surface area contributed by atoms with Gasteiger partial charge in [-0.05, 0) is 86.0 Å². The first-order chi connectivity index (χ1) is 15.6. The van der Waals surface area contributed by atoms with Crippen molar-refractivity contribution in [2.24, 2.45) is 5.92 Å². The van der Waals surface area contributed by atoms with E-state index in [1.54, 1.807) is 12.1 Å². The summed E-state index contributed by atoms with van der Waals surface area (Å²) in [5, 5.41) is 0. The summed E-state index contributed by atoms with van der Waals surface area (Å²) in [6, 6.07) is 12.4. The molecular weight excluding hydrogens is 402 g/mol. The number of benzene rings is 2. The van der Waals surface area contributed by atoms with Gasteiger partial charge in [-0.2, -0.15) is 4.39 Å². The van der Waals surface area contributed by atoms with Crippen LogP contribution in [0.4, 0.5) is 8.78 Å². The standard InChI is InChI=1S/C29H38F2O/c1-3-5-21-32-27-20-19-26(28(30)29(27)31)10-7-6-9-23-13-17-25(18-14-23)24-15-11-22(8-4-2)12-16-24/h6,9,11-12,15-16,19-20,23,25H,3-5,7-8,10,13-14,17-18,21H2,1-2H3. The first-order valence-corrected chi connectivity index (χ1v) is 12.5. The van der Waals surface area contributed by atoms with Gasteiger partial charge in [0.1, 0.15) is 0 Å². The highest BCUT2D eigenvalue weighted by molar-refractivity contribution is 5.31. The van der Waals surface area contributed by atoms with E-state index in [0.29, 0.717) is 30.4 Å². The van der Waals surface area contributed by atoms with Gasteiger partial charge in [-0.25, -0.2) is 4.39 Å². The van der Waals surface area contributed by atoms with Crippen LogP contribution in [-0.2, 0) is 12.8 Å². The summed E-state index contributed by atoms with van der Waals surface area (Å²) in [4.78, 5) is 0. The third kappa shape index (κ3) is 6.92. The van der Waals surface area contributed by atoms with Gasteiger partial charge in [-0.1, -0.05) is 69.2 Å². The average Bonchev–Trinajstić information content (AvgIpc) is 2.82. The third-order valence-electron chi connectivity index (χ3n) is 6.63. The van der Waals surface area contributed by atoms with Crippen LogP contribution in [0.3, 0.4) is 0 Å². The van der Waals surface area contributed by atoms with E-state index in [9.17, 15) is 8.78 Å². The second-order valence-electron chi connectivity index (χ2n) is 9.12. The van der Waals surface area contributed by atoms with Gasteiger partial charge in [0.2, 0.25) is 5.82 Å². The molecule has 3 heteroatoms. The third-order valence-corrected chi connectivity index (χ3v) is 6.63. The molecule has 1 saturated carbocycles. The van der Waals surface area contributed by atoms with Crippen molar-refractivity contribution in [2.75, 3.05) is 6.61 Å². The number of allylic oxidation sites excluding steroid dienone is 2. The Balaban J connectivity index is 1.43. The van der Waals surface area contributed by atoms with Gasteiger partial charge in [0, 0.05) is 0 Å². The smallest absolute Gasteiger partial charge is 0.200 e. The summed E-state index contributed by atoms with van der Waals surface area (Å²) in [7, 11) is 0. The highest BCUT2D eigenvalue weighted by Crippen LogP contribution is 2.36. The van der Waals surface area contributed by atoms with Gasteiger partial charge in [0.05, 0.1) is 6.61 Å². The van der Waals surface area contributed by atoms with Crippen molar-refractivity contribution in [1.29, 1.82) is 0 Å². The molecule has 0 spiro atoms. The number of rotatable bonds is 11. The summed E-state index contributed by atoms with van der Waals surface area (Å²) in [6.45, 7) is 4.67. The fourth-order valence-corrected chi connectivity index (χ4v) is 4.62.